The molecule has 2 aliphatic carbocycles. The van der Waals surface area contributed by atoms with Crippen molar-refractivity contribution in [1.82, 2.24) is 16.0 Å². The average Bonchev–Trinajstić information content (AvgIpc) is 3.20. The molecule has 0 aromatic rings. The minimum absolute atomic E-state index is 0.176. The first-order valence-corrected chi connectivity index (χ1v) is 7.98. The normalized spacial score (nSPS) is 19.8. The van der Waals surface area contributed by atoms with E-state index in [1.165, 1.54) is 32.1 Å². The van der Waals surface area contributed by atoms with E-state index in [0.29, 0.717) is 18.5 Å². The van der Waals surface area contributed by atoms with Crippen LogP contribution in [0.4, 0.5) is 0 Å². The number of nitrogens with one attached hydrogen (secondary N) is 3. The third-order valence-corrected chi connectivity index (χ3v) is 4.01. The second-order valence-corrected chi connectivity index (χ2v) is 6.09. The van der Waals surface area contributed by atoms with Gasteiger partial charge in [0.05, 0.1) is 0 Å². The molecule has 5 heteroatoms. The average molecular weight is 283 g/mol. The van der Waals surface area contributed by atoms with Crippen LogP contribution in [0.1, 0.15) is 57.8 Å². The fourth-order valence-corrected chi connectivity index (χ4v) is 2.73. The molecule has 0 heterocycles. The van der Waals surface area contributed by atoms with Crippen LogP contribution in [0.2, 0.25) is 0 Å². The molecule has 0 aromatic heterocycles. The zero-order valence-corrected chi connectivity index (χ0v) is 12.4. The highest BCUT2D eigenvalue weighted by Crippen LogP contribution is 2.18. The van der Waals surface area contributed by atoms with E-state index in [-0.39, 0.29) is 5.91 Å². The maximum atomic E-state index is 11.5. The SMILES string of the molecule is O=C(CCCNC(=S)NC1CCCCC1)NC1CC1. The van der Waals surface area contributed by atoms with E-state index in [1.807, 2.05) is 0 Å². The van der Waals surface area contributed by atoms with E-state index >= 15 is 0 Å². The van der Waals surface area contributed by atoms with Gasteiger partial charge in [-0.2, -0.15) is 0 Å². The Morgan fingerprint density at radius 1 is 1.00 bits per heavy atom. The third-order valence-electron chi connectivity index (χ3n) is 3.75. The van der Waals surface area contributed by atoms with Gasteiger partial charge in [0.1, 0.15) is 0 Å². The van der Waals surface area contributed by atoms with Crippen molar-refractivity contribution in [2.24, 2.45) is 0 Å². The molecule has 19 heavy (non-hydrogen) atoms. The lowest BCUT2D eigenvalue weighted by Gasteiger charge is -2.24. The zero-order chi connectivity index (χ0) is 13.5. The number of carbonyl (C=O) groups is 1. The van der Waals surface area contributed by atoms with Gasteiger partial charge in [0.2, 0.25) is 5.91 Å². The predicted octanol–water partition coefficient (Wildman–Crippen LogP) is 1.84. The number of rotatable bonds is 6. The van der Waals surface area contributed by atoms with Gasteiger partial charge in [-0.3, -0.25) is 4.79 Å². The maximum Gasteiger partial charge on any atom is 0.220 e. The van der Waals surface area contributed by atoms with Gasteiger partial charge >= 0.3 is 0 Å². The standard InChI is InChI=1S/C14H25N3OS/c18-13(16-12-8-9-12)7-4-10-15-14(19)17-11-5-2-1-3-6-11/h11-12H,1-10H2,(H,16,18)(H2,15,17,19). The molecule has 2 rings (SSSR count). The van der Waals surface area contributed by atoms with Crippen molar-refractivity contribution in [3.63, 3.8) is 0 Å². The molecule has 2 aliphatic rings. The predicted molar refractivity (Wildman–Crippen MR) is 81.0 cm³/mol. The quantitative estimate of drug-likeness (QED) is 0.514. The summed E-state index contributed by atoms with van der Waals surface area (Å²) in [6.45, 7) is 0.774. The van der Waals surface area contributed by atoms with Gasteiger partial charge < -0.3 is 16.0 Å². The Balaban J connectivity index is 1.47. The Morgan fingerprint density at radius 3 is 2.37 bits per heavy atom. The smallest absolute Gasteiger partial charge is 0.220 e. The van der Waals surface area contributed by atoms with Crippen molar-refractivity contribution >= 4 is 23.2 Å². The largest absolute Gasteiger partial charge is 0.363 e. The number of hydrogen-bond donors (Lipinski definition) is 3. The molecule has 0 aliphatic heterocycles. The minimum Gasteiger partial charge on any atom is -0.363 e. The van der Waals surface area contributed by atoms with Gasteiger partial charge in [0.15, 0.2) is 5.11 Å². The summed E-state index contributed by atoms with van der Waals surface area (Å²) in [4.78, 5) is 11.5. The molecule has 0 spiro atoms. The molecule has 0 aromatic carbocycles. The molecule has 1 amide bonds. The van der Waals surface area contributed by atoms with Gasteiger partial charge in [-0.15, -0.1) is 0 Å². The molecule has 2 saturated carbocycles. The van der Waals surface area contributed by atoms with Crippen LogP contribution in [0, 0.1) is 0 Å². The van der Waals surface area contributed by atoms with Crippen LogP contribution in [0.25, 0.3) is 0 Å². The van der Waals surface area contributed by atoms with E-state index in [4.69, 9.17) is 12.2 Å². The van der Waals surface area contributed by atoms with Crippen LogP contribution < -0.4 is 16.0 Å². The highest BCUT2D eigenvalue weighted by atomic mass is 32.1. The molecule has 0 bridgehead atoms. The van der Waals surface area contributed by atoms with Gasteiger partial charge in [-0.25, -0.2) is 0 Å². The van der Waals surface area contributed by atoms with Crippen LogP contribution in [0.3, 0.4) is 0 Å². The Kier molecular flexibility index (Phi) is 5.89. The number of amides is 1. The molecule has 4 nitrogen and oxygen atoms in total. The summed E-state index contributed by atoms with van der Waals surface area (Å²) < 4.78 is 0. The van der Waals surface area contributed by atoms with Crippen LogP contribution in [-0.4, -0.2) is 29.6 Å². The summed E-state index contributed by atoms with van der Waals surface area (Å²) in [5.41, 5.74) is 0. The second-order valence-electron chi connectivity index (χ2n) is 5.68. The summed E-state index contributed by atoms with van der Waals surface area (Å²) in [5, 5.41) is 10.3. The van der Waals surface area contributed by atoms with Crippen molar-refractivity contribution in [3.05, 3.63) is 0 Å². The zero-order valence-electron chi connectivity index (χ0n) is 11.5. The Bertz CT molecular complexity index is 312. The number of carbonyl (C=O) groups excluding carboxylic acids is 1. The first-order chi connectivity index (χ1) is 9.24. The van der Waals surface area contributed by atoms with E-state index < -0.39 is 0 Å². The lowest BCUT2D eigenvalue weighted by molar-refractivity contribution is -0.121. The summed E-state index contributed by atoms with van der Waals surface area (Å²) in [7, 11) is 0. The van der Waals surface area contributed by atoms with Crippen LogP contribution >= 0.6 is 12.2 Å². The van der Waals surface area contributed by atoms with Crippen LogP contribution in [0.5, 0.6) is 0 Å². The van der Waals surface area contributed by atoms with Gasteiger partial charge in [0.25, 0.3) is 0 Å². The van der Waals surface area contributed by atoms with E-state index in [1.54, 1.807) is 0 Å². The van der Waals surface area contributed by atoms with Crippen molar-refractivity contribution in [3.8, 4) is 0 Å². The molecule has 0 saturated heterocycles. The first-order valence-electron chi connectivity index (χ1n) is 7.58. The molecule has 0 radical (unpaired) electrons. The molecule has 0 atom stereocenters. The van der Waals surface area contributed by atoms with Gasteiger partial charge in [-0.1, -0.05) is 19.3 Å². The first kappa shape index (κ1) is 14.6. The lowest BCUT2D eigenvalue weighted by atomic mass is 9.96. The molecular formula is C14H25N3OS. The third kappa shape index (κ3) is 6.23. The number of thiocarbonyl (C=S) groups is 1. The Labute approximate surface area is 121 Å². The second kappa shape index (κ2) is 7.68. The Morgan fingerprint density at radius 2 is 1.68 bits per heavy atom. The van der Waals surface area contributed by atoms with Crippen molar-refractivity contribution in [1.29, 1.82) is 0 Å². The molecule has 2 fully saturated rings. The van der Waals surface area contributed by atoms with Crippen molar-refractivity contribution in [2.75, 3.05) is 6.54 Å². The van der Waals surface area contributed by atoms with Gasteiger partial charge in [-0.05, 0) is 44.3 Å². The molecule has 108 valence electrons. The monoisotopic (exact) mass is 283 g/mol. The Hall–Kier alpha value is -0.840. The fourth-order valence-electron chi connectivity index (χ4n) is 2.46. The topological polar surface area (TPSA) is 53.2 Å². The lowest BCUT2D eigenvalue weighted by Crippen LogP contribution is -2.43. The molecular weight excluding hydrogens is 258 g/mol. The highest BCUT2D eigenvalue weighted by molar-refractivity contribution is 7.80. The summed E-state index contributed by atoms with van der Waals surface area (Å²) in [6, 6.07) is 1.02. The van der Waals surface area contributed by atoms with Crippen LogP contribution in [0.15, 0.2) is 0 Å². The summed E-state index contributed by atoms with van der Waals surface area (Å²) in [6.07, 6.45) is 10.2. The van der Waals surface area contributed by atoms with E-state index in [0.717, 1.165) is 30.9 Å². The molecule has 3 N–H and O–H groups in total. The number of hydrogen-bond acceptors (Lipinski definition) is 2. The minimum atomic E-state index is 0.176. The van der Waals surface area contributed by atoms with E-state index in [2.05, 4.69) is 16.0 Å². The fraction of sp³-hybridized carbons (Fsp3) is 0.857. The van der Waals surface area contributed by atoms with E-state index in [9.17, 15) is 4.79 Å². The van der Waals surface area contributed by atoms with Crippen LogP contribution in [-0.2, 0) is 4.79 Å². The summed E-state index contributed by atoms with van der Waals surface area (Å²) >= 11 is 5.27. The maximum absolute atomic E-state index is 11.5. The van der Waals surface area contributed by atoms with Crippen molar-refractivity contribution in [2.45, 2.75) is 69.9 Å². The summed E-state index contributed by atoms with van der Waals surface area (Å²) in [5.74, 6) is 0.176. The van der Waals surface area contributed by atoms with Gasteiger partial charge in [0, 0.05) is 25.0 Å². The highest BCUT2D eigenvalue weighted by Gasteiger charge is 2.22. The van der Waals surface area contributed by atoms with Crippen molar-refractivity contribution < 1.29 is 4.79 Å². The molecule has 0 unspecified atom stereocenters.